The minimum atomic E-state index is -0.740. The van der Waals surface area contributed by atoms with E-state index in [1.807, 2.05) is 54.7 Å². The smallest absolute Gasteiger partial charge is 0.303 e. The number of unbranched alkanes of at least 4 members (excludes halogenated alkanes) is 2. The van der Waals surface area contributed by atoms with Gasteiger partial charge < -0.3 is 10.4 Å². The average Bonchev–Trinajstić information content (AvgIpc) is 2.71. The quantitative estimate of drug-likeness (QED) is 0.532. The summed E-state index contributed by atoms with van der Waals surface area (Å²) >= 11 is 0. The molecule has 0 amide bonds. The number of aromatic nitrogens is 2. The summed E-state index contributed by atoms with van der Waals surface area (Å²) in [5.41, 5.74) is 4.01. The minimum absolute atomic E-state index is 0.223. The van der Waals surface area contributed by atoms with Crippen LogP contribution in [-0.2, 0) is 4.79 Å². The monoisotopic (exact) mass is 361 g/mol. The Morgan fingerprint density at radius 1 is 0.889 bits per heavy atom. The summed E-state index contributed by atoms with van der Waals surface area (Å²) < 4.78 is 0. The van der Waals surface area contributed by atoms with E-state index >= 15 is 0 Å². The first-order chi connectivity index (χ1) is 13.2. The molecule has 3 aromatic rings. The number of hydrogen-bond acceptors (Lipinski definition) is 4. The molecular weight excluding hydrogens is 338 g/mol. The molecule has 0 fully saturated rings. The van der Waals surface area contributed by atoms with Crippen LogP contribution in [0.1, 0.15) is 25.7 Å². The zero-order chi connectivity index (χ0) is 18.9. The van der Waals surface area contributed by atoms with E-state index in [4.69, 9.17) is 10.1 Å². The summed E-state index contributed by atoms with van der Waals surface area (Å²) in [6.07, 6.45) is 4.53. The number of anilines is 1. The Bertz CT molecular complexity index is 867. The maximum Gasteiger partial charge on any atom is 0.303 e. The van der Waals surface area contributed by atoms with Crippen molar-refractivity contribution in [3.63, 3.8) is 0 Å². The van der Waals surface area contributed by atoms with Gasteiger partial charge in [-0.15, -0.1) is 0 Å². The van der Waals surface area contributed by atoms with Crippen molar-refractivity contribution < 1.29 is 9.90 Å². The lowest BCUT2D eigenvalue weighted by molar-refractivity contribution is -0.137. The first kappa shape index (κ1) is 18.6. The Morgan fingerprint density at radius 2 is 1.56 bits per heavy atom. The van der Waals surface area contributed by atoms with Crippen LogP contribution in [-0.4, -0.2) is 27.6 Å². The molecule has 0 aliphatic rings. The highest BCUT2D eigenvalue weighted by atomic mass is 16.4. The van der Waals surface area contributed by atoms with Gasteiger partial charge in [0.25, 0.3) is 0 Å². The van der Waals surface area contributed by atoms with Gasteiger partial charge in [0.1, 0.15) is 0 Å². The van der Waals surface area contributed by atoms with E-state index in [9.17, 15) is 4.79 Å². The highest BCUT2D eigenvalue weighted by molar-refractivity contribution is 5.80. The van der Waals surface area contributed by atoms with Crippen molar-refractivity contribution in [2.24, 2.45) is 0 Å². The van der Waals surface area contributed by atoms with E-state index in [1.54, 1.807) is 0 Å². The molecule has 0 unspecified atom stereocenters. The second-order valence-electron chi connectivity index (χ2n) is 6.32. The van der Waals surface area contributed by atoms with Gasteiger partial charge in [0.2, 0.25) is 5.95 Å². The Kier molecular flexibility index (Phi) is 6.52. The molecule has 5 nitrogen and oxygen atoms in total. The van der Waals surface area contributed by atoms with E-state index in [-0.39, 0.29) is 6.42 Å². The van der Waals surface area contributed by atoms with Crippen LogP contribution in [0.2, 0.25) is 0 Å². The average molecular weight is 361 g/mol. The zero-order valence-corrected chi connectivity index (χ0v) is 15.1. The molecule has 0 bridgehead atoms. The summed E-state index contributed by atoms with van der Waals surface area (Å²) in [7, 11) is 0. The third kappa shape index (κ3) is 5.38. The predicted octanol–water partition coefficient (Wildman–Crippen LogP) is 4.87. The van der Waals surface area contributed by atoms with Gasteiger partial charge in [0.15, 0.2) is 0 Å². The summed E-state index contributed by atoms with van der Waals surface area (Å²) in [4.78, 5) is 19.8. The number of rotatable bonds is 9. The van der Waals surface area contributed by atoms with E-state index in [2.05, 4.69) is 22.4 Å². The molecule has 0 saturated carbocycles. The minimum Gasteiger partial charge on any atom is -0.481 e. The van der Waals surface area contributed by atoms with Crippen molar-refractivity contribution in [2.75, 3.05) is 11.9 Å². The van der Waals surface area contributed by atoms with Crippen molar-refractivity contribution in [2.45, 2.75) is 25.7 Å². The lowest BCUT2D eigenvalue weighted by atomic mass is 10.0. The van der Waals surface area contributed by atoms with Crippen LogP contribution in [0.15, 0.2) is 66.9 Å². The Labute approximate surface area is 159 Å². The van der Waals surface area contributed by atoms with Gasteiger partial charge in [-0.25, -0.2) is 9.97 Å². The Balaban J connectivity index is 1.75. The molecule has 0 atom stereocenters. The Hall–Kier alpha value is -3.21. The lowest BCUT2D eigenvalue weighted by Gasteiger charge is -2.12. The van der Waals surface area contributed by atoms with E-state index in [0.717, 1.165) is 41.8 Å². The molecule has 27 heavy (non-hydrogen) atoms. The van der Waals surface area contributed by atoms with E-state index in [1.165, 1.54) is 0 Å². The van der Waals surface area contributed by atoms with Gasteiger partial charge in [0.05, 0.1) is 5.69 Å². The van der Waals surface area contributed by atoms with Crippen LogP contribution in [0, 0.1) is 0 Å². The third-order valence-electron chi connectivity index (χ3n) is 4.27. The number of carboxylic acid groups (broad SMARTS) is 1. The molecule has 0 saturated heterocycles. The molecule has 0 aliphatic heterocycles. The number of carbonyl (C=O) groups is 1. The molecule has 0 aliphatic carbocycles. The molecule has 2 aromatic carbocycles. The van der Waals surface area contributed by atoms with Crippen molar-refractivity contribution in [1.29, 1.82) is 0 Å². The number of nitrogens with one attached hydrogen (secondary N) is 1. The first-order valence-corrected chi connectivity index (χ1v) is 9.17. The van der Waals surface area contributed by atoms with Crippen molar-refractivity contribution in [3.05, 3.63) is 66.9 Å². The molecular formula is C22H23N3O2. The van der Waals surface area contributed by atoms with Crippen LogP contribution >= 0.6 is 0 Å². The molecule has 2 N–H and O–H groups in total. The third-order valence-corrected chi connectivity index (χ3v) is 4.27. The standard InChI is InChI=1S/C22H23N3O2/c26-20(27)14-8-3-9-15-23-22-24-16-19(17-10-4-1-5-11-17)21(25-22)18-12-6-2-7-13-18/h1-2,4-7,10-13,16H,3,8-9,14-15H2,(H,26,27)(H,23,24,25). The molecule has 3 rings (SSSR count). The van der Waals surface area contributed by atoms with Crippen LogP contribution in [0.25, 0.3) is 22.4 Å². The van der Waals surface area contributed by atoms with Crippen LogP contribution in [0.5, 0.6) is 0 Å². The van der Waals surface area contributed by atoms with Gasteiger partial charge in [-0.2, -0.15) is 0 Å². The SMILES string of the molecule is O=C(O)CCCCCNc1ncc(-c2ccccc2)c(-c2ccccc2)n1. The fourth-order valence-corrected chi connectivity index (χ4v) is 2.89. The second kappa shape index (κ2) is 9.48. The zero-order valence-electron chi connectivity index (χ0n) is 15.1. The molecule has 1 heterocycles. The van der Waals surface area contributed by atoms with Gasteiger partial charge in [-0.3, -0.25) is 4.79 Å². The topological polar surface area (TPSA) is 75.1 Å². The van der Waals surface area contributed by atoms with E-state index < -0.39 is 5.97 Å². The van der Waals surface area contributed by atoms with Gasteiger partial charge in [-0.05, 0) is 18.4 Å². The molecule has 5 heteroatoms. The molecule has 138 valence electrons. The molecule has 0 radical (unpaired) electrons. The largest absolute Gasteiger partial charge is 0.481 e. The van der Waals surface area contributed by atoms with Gasteiger partial charge in [0, 0.05) is 30.3 Å². The van der Waals surface area contributed by atoms with Crippen molar-refractivity contribution in [1.82, 2.24) is 9.97 Å². The molecule has 1 aromatic heterocycles. The Morgan fingerprint density at radius 3 is 2.22 bits per heavy atom. The summed E-state index contributed by atoms with van der Waals surface area (Å²) in [6.45, 7) is 0.721. The number of nitrogens with zero attached hydrogens (tertiary/aromatic N) is 2. The van der Waals surface area contributed by atoms with Gasteiger partial charge in [-0.1, -0.05) is 67.1 Å². The van der Waals surface area contributed by atoms with Gasteiger partial charge >= 0.3 is 5.97 Å². The maximum atomic E-state index is 10.5. The van der Waals surface area contributed by atoms with Crippen LogP contribution < -0.4 is 5.32 Å². The fraction of sp³-hybridized carbons (Fsp3) is 0.227. The summed E-state index contributed by atoms with van der Waals surface area (Å²) in [5.74, 6) is -0.151. The lowest BCUT2D eigenvalue weighted by Crippen LogP contribution is -2.07. The van der Waals surface area contributed by atoms with Crippen LogP contribution in [0.4, 0.5) is 5.95 Å². The normalized spacial score (nSPS) is 10.5. The van der Waals surface area contributed by atoms with Crippen molar-refractivity contribution >= 4 is 11.9 Å². The predicted molar refractivity (Wildman–Crippen MR) is 107 cm³/mol. The number of hydrogen-bond donors (Lipinski definition) is 2. The fourth-order valence-electron chi connectivity index (χ4n) is 2.89. The second-order valence-corrected chi connectivity index (χ2v) is 6.32. The number of benzene rings is 2. The summed E-state index contributed by atoms with van der Waals surface area (Å²) in [5, 5.41) is 11.9. The highest BCUT2D eigenvalue weighted by Gasteiger charge is 2.11. The van der Waals surface area contributed by atoms with Crippen molar-refractivity contribution in [3.8, 4) is 22.4 Å². The summed E-state index contributed by atoms with van der Waals surface area (Å²) in [6, 6.07) is 20.2. The maximum absolute atomic E-state index is 10.5. The highest BCUT2D eigenvalue weighted by Crippen LogP contribution is 2.30. The first-order valence-electron chi connectivity index (χ1n) is 9.17. The number of carboxylic acids is 1. The number of aliphatic carboxylic acids is 1. The van der Waals surface area contributed by atoms with Crippen LogP contribution in [0.3, 0.4) is 0 Å². The van der Waals surface area contributed by atoms with E-state index in [0.29, 0.717) is 12.4 Å². The molecule has 0 spiro atoms.